The predicted octanol–water partition coefficient (Wildman–Crippen LogP) is 2.49. The first kappa shape index (κ1) is 13.4. The number of likely N-dealkylation sites (tertiary alicyclic amines) is 1. The van der Waals surface area contributed by atoms with Crippen LogP contribution in [0.25, 0.3) is 0 Å². The molecule has 2 rings (SSSR count). The SMILES string of the molecule is Cc1cc(Cl)cc(C(=O)N2CCC(C)C(O)C2)c1. The summed E-state index contributed by atoms with van der Waals surface area (Å²) in [6.07, 6.45) is 0.412. The van der Waals surface area contributed by atoms with E-state index in [0.717, 1.165) is 12.0 Å². The standard InChI is InChI=1S/C14H18ClNO2/c1-9-5-11(7-12(15)6-9)14(18)16-4-3-10(2)13(17)8-16/h5-7,10,13,17H,3-4,8H2,1-2H3. The molecule has 1 heterocycles. The van der Waals surface area contributed by atoms with Gasteiger partial charge in [0.15, 0.2) is 0 Å². The number of amides is 1. The first-order valence-electron chi connectivity index (χ1n) is 6.22. The van der Waals surface area contributed by atoms with Crippen molar-refractivity contribution in [1.82, 2.24) is 4.90 Å². The monoisotopic (exact) mass is 267 g/mol. The van der Waals surface area contributed by atoms with Gasteiger partial charge in [-0.15, -0.1) is 0 Å². The van der Waals surface area contributed by atoms with Gasteiger partial charge in [-0.3, -0.25) is 4.79 Å². The van der Waals surface area contributed by atoms with Crippen LogP contribution in [0.15, 0.2) is 18.2 Å². The molecular formula is C14H18ClNO2. The second-order valence-electron chi connectivity index (χ2n) is 5.10. The average Bonchev–Trinajstić information content (AvgIpc) is 2.30. The minimum Gasteiger partial charge on any atom is -0.391 e. The Hall–Kier alpha value is -1.06. The number of hydrogen-bond acceptors (Lipinski definition) is 2. The predicted molar refractivity (Wildman–Crippen MR) is 71.9 cm³/mol. The Morgan fingerprint density at radius 1 is 1.44 bits per heavy atom. The van der Waals surface area contributed by atoms with E-state index in [1.165, 1.54) is 0 Å². The zero-order valence-corrected chi connectivity index (χ0v) is 11.4. The molecule has 0 aromatic heterocycles. The summed E-state index contributed by atoms with van der Waals surface area (Å²) in [6.45, 7) is 5.03. The topological polar surface area (TPSA) is 40.5 Å². The first-order chi connectivity index (χ1) is 8.47. The van der Waals surface area contributed by atoms with Crippen LogP contribution in [0.5, 0.6) is 0 Å². The summed E-state index contributed by atoms with van der Waals surface area (Å²) >= 11 is 5.96. The normalized spacial score (nSPS) is 24.1. The maximum absolute atomic E-state index is 12.3. The van der Waals surface area contributed by atoms with E-state index in [1.54, 1.807) is 11.0 Å². The summed E-state index contributed by atoms with van der Waals surface area (Å²) in [5.74, 6) is 0.210. The lowest BCUT2D eigenvalue weighted by molar-refractivity contribution is 0.0248. The molecule has 1 fully saturated rings. The van der Waals surface area contributed by atoms with Crippen LogP contribution < -0.4 is 0 Å². The van der Waals surface area contributed by atoms with E-state index < -0.39 is 6.10 Å². The number of carbonyl (C=O) groups is 1. The molecule has 2 atom stereocenters. The van der Waals surface area contributed by atoms with Crippen molar-refractivity contribution in [2.75, 3.05) is 13.1 Å². The zero-order valence-electron chi connectivity index (χ0n) is 10.7. The second kappa shape index (κ2) is 5.29. The summed E-state index contributed by atoms with van der Waals surface area (Å²) in [5, 5.41) is 10.4. The highest BCUT2D eigenvalue weighted by molar-refractivity contribution is 6.31. The molecule has 0 aliphatic carbocycles. The smallest absolute Gasteiger partial charge is 0.254 e. The van der Waals surface area contributed by atoms with Crippen molar-refractivity contribution in [3.63, 3.8) is 0 Å². The molecule has 4 heteroatoms. The van der Waals surface area contributed by atoms with Gasteiger partial charge in [0.2, 0.25) is 0 Å². The van der Waals surface area contributed by atoms with Crippen molar-refractivity contribution in [3.8, 4) is 0 Å². The van der Waals surface area contributed by atoms with Crippen LogP contribution in [0, 0.1) is 12.8 Å². The molecule has 1 aliphatic heterocycles. The molecule has 98 valence electrons. The summed E-state index contributed by atoms with van der Waals surface area (Å²) in [6, 6.07) is 5.34. The van der Waals surface area contributed by atoms with Gasteiger partial charge in [-0.05, 0) is 43.0 Å². The van der Waals surface area contributed by atoms with E-state index in [4.69, 9.17) is 11.6 Å². The van der Waals surface area contributed by atoms with Crippen molar-refractivity contribution in [1.29, 1.82) is 0 Å². The van der Waals surface area contributed by atoms with Gasteiger partial charge in [0.1, 0.15) is 0 Å². The molecule has 0 saturated carbocycles. The lowest BCUT2D eigenvalue weighted by atomic mass is 9.95. The number of aliphatic hydroxyl groups excluding tert-OH is 1. The Bertz CT molecular complexity index is 441. The Kier molecular flexibility index (Phi) is 3.93. The minimum atomic E-state index is -0.428. The Morgan fingerprint density at radius 3 is 2.78 bits per heavy atom. The van der Waals surface area contributed by atoms with Crippen LogP contribution in [-0.2, 0) is 0 Å². The highest BCUT2D eigenvalue weighted by atomic mass is 35.5. The molecule has 1 aliphatic rings. The van der Waals surface area contributed by atoms with E-state index in [1.807, 2.05) is 26.0 Å². The third-order valence-electron chi connectivity index (χ3n) is 3.49. The lowest BCUT2D eigenvalue weighted by Crippen LogP contribution is -2.45. The molecule has 1 amide bonds. The van der Waals surface area contributed by atoms with E-state index in [-0.39, 0.29) is 11.8 Å². The van der Waals surface area contributed by atoms with Gasteiger partial charge in [-0.1, -0.05) is 18.5 Å². The summed E-state index contributed by atoms with van der Waals surface area (Å²) in [7, 11) is 0. The first-order valence-corrected chi connectivity index (χ1v) is 6.59. The third-order valence-corrected chi connectivity index (χ3v) is 3.71. The molecule has 1 saturated heterocycles. The van der Waals surface area contributed by atoms with Crippen molar-refractivity contribution in [2.24, 2.45) is 5.92 Å². The number of hydrogen-bond donors (Lipinski definition) is 1. The molecule has 1 N–H and O–H groups in total. The van der Waals surface area contributed by atoms with Crippen molar-refractivity contribution in [2.45, 2.75) is 26.4 Å². The van der Waals surface area contributed by atoms with Gasteiger partial charge in [-0.2, -0.15) is 0 Å². The highest BCUT2D eigenvalue weighted by Crippen LogP contribution is 2.21. The summed E-state index contributed by atoms with van der Waals surface area (Å²) in [5.41, 5.74) is 1.57. The van der Waals surface area contributed by atoms with Crippen LogP contribution in [0.2, 0.25) is 5.02 Å². The lowest BCUT2D eigenvalue weighted by Gasteiger charge is -2.34. The van der Waals surface area contributed by atoms with Gasteiger partial charge in [0.05, 0.1) is 6.10 Å². The largest absolute Gasteiger partial charge is 0.391 e. The van der Waals surface area contributed by atoms with E-state index in [0.29, 0.717) is 23.7 Å². The van der Waals surface area contributed by atoms with E-state index in [2.05, 4.69) is 0 Å². The number of piperidine rings is 1. The number of benzene rings is 1. The van der Waals surface area contributed by atoms with Crippen LogP contribution in [0.1, 0.15) is 29.3 Å². The summed E-state index contributed by atoms with van der Waals surface area (Å²) < 4.78 is 0. The quantitative estimate of drug-likeness (QED) is 0.849. The van der Waals surface area contributed by atoms with Gasteiger partial charge >= 0.3 is 0 Å². The average molecular weight is 268 g/mol. The van der Waals surface area contributed by atoms with Crippen molar-refractivity contribution < 1.29 is 9.90 Å². The van der Waals surface area contributed by atoms with E-state index >= 15 is 0 Å². The van der Waals surface area contributed by atoms with Gasteiger partial charge in [0, 0.05) is 23.7 Å². The molecule has 18 heavy (non-hydrogen) atoms. The molecule has 1 aromatic rings. The maximum Gasteiger partial charge on any atom is 0.254 e. The maximum atomic E-state index is 12.3. The van der Waals surface area contributed by atoms with Crippen molar-refractivity contribution in [3.05, 3.63) is 34.3 Å². The van der Waals surface area contributed by atoms with Crippen LogP contribution in [0.3, 0.4) is 0 Å². The number of aryl methyl sites for hydroxylation is 1. The summed E-state index contributed by atoms with van der Waals surface area (Å²) in [4.78, 5) is 14.0. The van der Waals surface area contributed by atoms with E-state index in [9.17, 15) is 9.90 Å². The van der Waals surface area contributed by atoms with Gasteiger partial charge < -0.3 is 10.0 Å². The fourth-order valence-electron chi connectivity index (χ4n) is 2.28. The number of carbonyl (C=O) groups excluding carboxylic acids is 1. The Morgan fingerprint density at radius 2 is 2.17 bits per heavy atom. The zero-order chi connectivity index (χ0) is 13.3. The third kappa shape index (κ3) is 2.85. The van der Waals surface area contributed by atoms with Crippen LogP contribution in [-0.4, -0.2) is 35.1 Å². The van der Waals surface area contributed by atoms with Gasteiger partial charge in [-0.25, -0.2) is 0 Å². The number of rotatable bonds is 1. The molecule has 0 radical (unpaired) electrons. The van der Waals surface area contributed by atoms with Crippen LogP contribution in [0.4, 0.5) is 0 Å². The Balaban J connectivity index is 2.16. The number of nitrogens with zero attached hydrogens (tertiary/aromatic N) is 1. The molecule has 0 spiro atoms. The minimum absolute atomic E-state index is 0.0495. The molecular weight excluding hydrogens is 250 g/mol. The number of β-amino-alcohol motifs (C(OH)–C–C–N with tert-alkyl or cyclic N) is 1. The molecule has 2 unspecified atom stereocenters. The highest BCUT2D eigenvalue weighted by Gasteiger charge is 2.27. The fraction of sp³-hybridized carbons (Fsp3) is 0.500. The second-order valence-corrected chi connectivity index (χ2v) is 5.54. The van der Waals surface area contributed by atoms with Crippen LogP contribution >= 0.6 is 11.6 Å². The Labute approximate surface area is 112 Å². The molecule has 1 aromatic carbocycles. The fourth-order valence-corrected chi connectivity index (χ4v) is 2.57. The number of aliphatic hydroxyl groups is 1. The molecule has 3 nitrogen and oxygen atoms in total. The van der Waals surface area contributed by atoms with Crippen molar-refractivity contribution >= 4 is 17.5 Å². The molecule has 0 bridgehead atoms. The number of halogens is 1. The van der Waals surface area contributed by atoms with Gasteiger partial charge in [0.25, 0.3) is 5.91 Å².